The van der Waals surface area contributed by atoms with Gasteiger partial charge in [0.25, 0.3) is 0 Å². The molecule has 140 valence electrons. The highest BCUT2D eigenvalue weighted by Gasteiger charge is 2.63. The molecule has 3 aliphatic heterocycles. The summed E-state index contributed by atoms with van der Waals surface area (Å²) in [7, 11) is 0. The fourth-order valence-corrected chi connectivity index (χ4v) is 4.12. The van der Waals surface area contributed by atoms with Crippen molar-refractivity contribution in [3.63, 3.8) is 0 Å². The Morgan fingerprint density at radius 3 is 2.29 bits per heavy atom. The lowest BCUT2D eigenvalue weighted by Crippen LogP contribution is -2.72. The van der Waals surface area contributed by atoms with E-state index in [1.165, 1.54) is 0 Å². The van der Waals surface area contributed by atoms with Gasteiger partial charge < -0.3 is 39.7 Å². The van der Waals surface area contributed by atoms with E-state index in [-0.39, 0.29) is 0 Å². The van der Waals surface area contributed by atoms with Crippen molar-refractivity contribution >= 4 is 0 Å². The van der Waals surface area contributed by atoms with Gasteiger partial charge in [-0.1, -0.05) is 0 Å². The zero-order chi connectivity index (χ0) is 17.9. The largest absolute Gasteiger partial charge is 0.394 e. The molecule has 8 heteroatoms. The number of rotatable bonds is 3. The summed E-state index contributed by atoms with van der Waals surface area (Å²) in [5.41, 5.74) is -2.43. The summed E-state index contributed by atoms with van der Waals surface area (Å²) >= 11 is 0. The van der Waals surface area contributed by atoms with E-state index >= 15 is 0 Å². The average Bonchev–Trinajstić information content (AvgIpc) is 2.50. The molecule has 0 aromatic carbocycles. The molecule has 4 aliphatic rings. The quantitative estimate of drug-likeness (QED) is 0.424. The standard InChI is InChI=1S/C16H28O8/c1-14(2)16(21)5-4-15(3,24-14)9(6-16)23-13-12(20)11(19)10(18)8(7-17)22-13/h8-13,17-21H,4-7H2,1-3H3/t8-,9?,10-,11+,12-,13+,15?,16?/m1/s1. The SMILES string of the molecule is CC12CCC(O)(CC1O[C@@H]1O[C@H](CO)[C@@H](O)[C@H](O)[C@H]1O)C(C)(C)O2. The van der Waals surface area contributed by atoms with E-state index in [1.807, 2.05) is 20.8 Å². The van der Waals surface area contributed by atoms with Crippen molar-refractivity contribution in [1.82, 2.24) is 0 Å². The molecule has 4 rings (SSSR count). The number of aliphatic hydroxyl groups excluding tert-OH is 4. The van der Waals surface area contributed by atoms with Crippen LogP contribution in [0.25, 0.3) is 0 Å². The van der Waals surface area contributed by atoms with E-state index in [2.05, 4.69) is 0 Å². The first-order valence-electron chi connectivity index (χ1n) is 8.41. The van der Waals surface area contributed by atoms with E-state index < -0.39 is 60.2 Å². The average molecular weight is 348 g/mol. The van der Waals surface area contributed by atoms with E-state index in [1.54, 1.807) is 0 Å². The highest BCUT2D eigenvalue weighted by atomic mass is 16.7. The van der Waals surface area contributed by atoms with E-state index in [0.29, 0.717) is 19.3 Å². The summed E-state index contributed by atoms with van der Waals surface area (Å²) in [5.74, 6) is 0. The molecule has 0 amide bonds. The minimum Gasteiger partial charge on any atom is -0.394 e. The normalized spacial score (nSPS) is 54.0. The van der Waals surface area contributed by atoms with Gasteiger partial charge in [-0.05, 0) is 33.6 Å². The van der Waals surface area contributed by atoms with Crippen LogP contribution in [-0.4, -0.2) is 85.8 Å². The van der Waals surface area contributed by atoms with Crippen LogP contribution in [0.5, 0.6) is 0 Å². The molecule has 0 aromatic rings. The molecule has 1 saturated carbocycles. The molecule has 8 nitrogen and oxygen atoms in total. The second kappa shape index (κ2) is 5.85. The highest BCUT2D eigenvalue weighted by Crippen LogP contribution is 2.53. The van der Waals surface area contributed by atoms with Crippen LogP contribution in [0, 0.1) is 0 Å². The third-order valence-corrected chi connectivity index (χ3v) is 5.99. The number of aliphatic hydroxyl groups is 5. The predicted molar refractivity (Wildman–Crippen MR) is 81.0 cm³/mol. The summed E-state index contributed by atoms with van der Waals surface area (Å²) < 4.78 is 17.3. The number of hydrogen-bond acceptors (Lipinski definition) is 8. The van der Waals surface area contributed by atoms with Gasteiger partial charge in [-0.3, -0.25) is 0 Å². The van der Waals surface area contributed by atoms with Gasteiger partial charge >= 0.3 is 0 Å². The van der Waals surface area contributed by atoms with Gasteiger partial charge in [-0.25, -0.2) is 0 Å². The molecule has 4 fully saturated rings. The lowest BCUT2D eigenvalue weighted by molar-refractivity contribution is -0.377. The minimum absolute atomic E-state index is 0.311. The van der Waals surface area contributed by atoms with Gasteiger partial charge in [-0.2, -0.15) is 0 Å². The molecule has 0 spiro atoms. The van der Waals surface area contributed by atoms with Crippen LogP contribution in [0.1, 0.15) is 40.0 Å². The van der Waals surface area contributed by atoms with Crippen molar-refractivity contribution in [1.29, 1.82) is 0 Å². The Morgan fingerprint density at radius 1 is 1.04 bits per heavy atom. The first-order chi connectivity index (χ1) is 11.0. The van der Waals surface area contributed by atoms with E-state index in [4.69, 9.17) is 14.2 Å². The number of ether oxygens (including phenoxy) is 3. The van der Waals surface area contributed by atoms with Crippen molar-refractivity contribution in [2.75, 3.05) is 6.61 Å². The maximum atomic E-state index is 10.9. The zero-order valence-corrected chi connectivity index (χ0v) is 14.3. The first kappa shape index (κ1) is 18.5. The van der Waals surface area contributed by atoms with Crippen LogP contribution >= 0.6 is 0 Å². The third kappa shape index (κ3) is 2.69. The van der Waals surface area contributed by atoms with Gasteiger partial charge in [-0.15, -0.1) is 0 Å². The summed E-state index contributed by atoms with van der Waals surface area (Å²) in [5, 5.41) is 50.0. The van der Waals surface area contributed by atoms with Crippen molar-refractivity contribution in [3.8, 4) is 0 Å². The van der Waals surface area contributed by atoms with Crippen LogP contribution < -0.4 is 0 Å². The lowest BCUT2D eigenvalue weighted by atomic mass is 9.64. The monoisotopic (exact) mass is 348 g/mol. The van der Waals surface area contributed by atoms with Crippen molar-refractivity contribution in [3.05, 3.63) is 0 Å². The highest BCUT2D eigenvalue weighted by molar-refractivity contribution is 5.12. The van der Waals surface area contributed by atoms with Gasteiger partial charge in [0.2, 0.25) is 0 Å². The summed E-state index contributed by atoms with van der Waals surface area (Å²) in [4.78, 5) is 0. The fourth-order valence-electron chi connectivity index (χ4n) is 4.12. The maximum Gasteiger partial charge on any atom is 0.187 e. The lowest BCUT2D eigenvalue weighted by Gasteiger charge is -2.62. The first-order valence-corrected chi connectivity index (χ1v) is 8.41. The molecule has 8 atom stereocenters. The van der Waals surface area contributed by atoms with Gasteiger partial charge in [0.1, 0.15) is 24.4 Å². The Balaban J connectivity index is 1.76. The summed E-state index contributed by atoms with van der Waals surface area (Å²) in [6.07, 6.45) is -5.69. The smallest absolute Gasteiger partial charge is 0.187 e. The Labute approximate surface area is 141 Å². The second-order valence-corrected chi connectivity index (χ2v) is 7.98. The van der Waals surface area contributed by atoms with E-state index in [9.17, 15) is 25.5 Å². The molecular weight excluding hydrogens is 320 g/mol. The Kier molecular flexibility index (Phi) is 4.50. The molecule has 2 bridgehead atoms. The molecule has 3 heterocycles. The zero-order valence-electron chi connectivity index (χ0n) is 14.3. The van der Waals surface area contributed by atoms with Crippen LogP contribution in [0.2, 0.25) is 0 Å². The summed E-state index contributed by atoms with van der Waals surface area (Å²) in [6, 6.07) is 0. The van der Waals surface area contributed by atoms with Crippen molar-refractivity contribution < 1.29 is 39.7 Å². The van der Waals surface area contributed by atoms with E-state index in [0.717, 1.165) is 0 Å². The molecule has 1 aliphatic carbocycles. The molecule has 5 N–H and O–H groups in total. The predicted octanol–water partition coefficient (Wildman–Crippen LogP) is -1.35. The fraction of sp³-hybridized carbons (Fsp3) is 1.00. The molecule has 24 heavy (non-hydrogen) atoms. The molecule has 0 radical (unpaired) electrons. The Hall–Kier alpha value is -0.320. The molecule has 3 unspecified atom stereocenters. The Morgan fingerprint density at radius 2 is 1.71 bits per heavy atom. The molecular formula is C16H28O8. The maximum absolute atomic E-state index is 10.9. The van der Waals surface area contributed by atoms with Crippen LogP contribution in [0.15, 0.2) is 0 Å². The molecule has 0 aromatic heterocycles. The van der Waals surface area contributed by atoms with Crippen LogP contribution in [0.3, 0.4) is 0 Å². The second-order valence-electron chi connectivity index (χ2n) is 7.98. The van der Waals surface area contributed by atoms with Gasteiger partial charge in [0.15, 0.2) is 6.29 Å². The minimum atomic E-state index is -1.49. The van der Waals surface area contributed by atoms with Crippen LogP contribution in [-0.2, 0) is 14.2 Å². The number of hydrogen-bond donors (Lipinski definition) is 5. The van der Waals surface area contributed by atoms with Crippen LogP contribution in [0.4, 0.5) is 0 Å². The third-order valence-electron chi connectivity index (χ3n) is 5.99. The molecule has 3 saturated heterocycles. The van der Waals surface area contributed by atoms with Gasteiger partial charge in [0.05, 0.1) is 29.5 Å². The van der Waals surface area contributed by atoms with Crippen molar-refractivity contribution in [2.24, 2.45) is 0 Å². The Bertz CT molecular complexity index is 483. The van der Waals surface area contributed by atoms with Crippen molar-refractivity contribution in [2.45, 2.75) is 93.6 Å². The summed E-state index contributed by atoms with van der Waals surface area (Å²) in [6.45, 7) is 5.06. The van der Waals surface area contributed by atoms with Gasteiger partial charge in [0, 0.05) is 6.42 Å². The number of fused-ring (bicyclic) bond motifs is 3. The topological polar surface area (TPSA) is 129 Å².